The van der Waals surface area contributed by atoms with E-state index < -0.39 is 5.97 Å². The van der Waals surface area contributed by atoms with Crippen LogP contribution in [0.1, 0.15) is 31.8 Å². The lowest BCUT2D eigenvalue weighted by Crippen LogP contribution is -2.09. The standard InChI is InChI=1S/C22H14ClNO4/c1-13-18(28-22(26)15-3-2-10-24-12-15)9-8-17-20(25)19(27-21(13)17)11-14-4-6-16(23)7-5-14/h2-12H,1H3/b19-11-. The largest absolute Gasteiger partial charge is 0.452 e. The molecule has 2 aromatic carbocycles. The second-order valence-electron chi connectivity index (χ2n) is 6.19. The van der Waals surface area contributed by atoms with Gasteiger partial charge in [-0.2, -0.15) is 0 Å². The van der Waals surface area contributed by atoms with Crippen LogP contribution in [0.15, 0.2) is 66.7 Å². The number of benzene rings is 2. The van der Waals surface area contributed by atoms with Crippen LogP contribution < -0.4 is 9.47 Å². The summed E-state index contributed by atoms with van der Waals surface area (Å²) in [6, 6.07) is 13.5. The number of hydrogen-bond acceptors (Lipinski definition) is 5. The van der Waals surface area contributed by atoms with E-state index in [0.29, 0.717) is 33.2 Å². The first-order valence-electron chi connectivity index (χ1n) is 8.48. The Bertz CT molecular complexity index is 1110. The van der Waals surface area contributed by atoms with Crippen molar-refractivity contribution in [1.82, 2.24) is 4.98 Å². The molecule has 0 radical (unpaired) electrons. The van der Waals surface area contributed by atoms with Crippen LogP contribution in [0.5, 0.6) is 11.5 Å². The molecule has 6 heteroatoms. The van der Waals surface area contributed by atoms with Crippen LogP contribution in [0.3, 0.4) is 0 Å². The number of fused-ring (bicyclic) bond motifs is 1. The molecule has 3 aromatic rings. The quantitative estimate of drug-likeness (QED) is 0.361. The molecule has 5 nitrogen and oxygen atoms in total. The number of nitrogens with zero attached hydrogens (tertiary/aromatic N) is 1. The summed E-state index contributed by atoms with van der Waals surface area (Å²) in [4.78, 5) is 28.8. The van der Waals surface area contributed by atoms with E-state index in [-0.39, 0.29) is 11.5 Å². The van der Waals surface area contributed by atoms with Gasteiger partial charge in [-0.05, 0) is 55.0 Å². The van der Waals surface area contributed by atoms with Gasteiger partial charge in [0.05, 0.1) is 11.1 Å². The maximum atomic E-state index is 12.6. The molecule has 0 spiro atoms. The van der Waals surface area contributed by atoms with Crippen molar-refractivity contribution in [2.75, 3.05) is 0 Å². The zero-order valence-electron chi connectivity index (χ0n) is 14.8. The smallest absolute Gasteiger partial charge is 0.345 e. The first kappa shape index (κ1) is 17.9. The van der Waals surface area contributed by atoms with E-state index in [4.69, 9.17) is 21.1 Å². The summed E-state index contributed by atoms with van der Waals surface area (Å²) >= 11 is 5.89. The van der Waals surface area contributed by atoms with E-state index >= 15 is 0 Å². The van der Waals surface area contributed by atoms with Gasteiger partial charge in [-0.1, -0.05) is 23.7 Å². The third-order valence-electron chi connectivity index (χ3n) is 4.30. The molecule has 0 N–H and O–H groups in total. The van der Waals surface area contributed by atoms with Gasteiger partial charge in [0.15, 0.2) is 5.76 Å². The summed E-state index contributed by atoms with van der Waals surface area (Å²) in [6.45, 7) is 1.74. The maximum Gasteiger partial charge on any atom is 0.345 e. The molecule has 0 atom stereocenters. The van der Waals surface area contributed by atoms with Crippen LogP contribution in [-0.4, -0.2) is 16.7 Å². The molecule has 0 unspecified atom stereocenters. The van der Waals surface area contributed by atoms with Gasteiger partial charge in [-0.3, -0.25) is 9.78 Å². The second-order valence-corrected chi connectivity index (χ2v) is 6.62. The zero-order valence-corrected chi connectivity index (χ0v) is 15.6. The minimum Gasteiger partial charge on any atom is -0.452 e. The number of esters is 1. The summed E-state index contributed by atoms with van der Waals surface area (Å²) in [5.74, 6) is 0.168. The molecule has 0 saturated heterocycles. The van der Waals surface area contributed by atoms with E-state index in [1.807, 2.05) is 0 Å². The predicted octanol–water partition coefficient (Wildman–Crippen LogP) is 4.88. The van der Waals surface area contributed by atoms with Gasteiger partial charge in [-0.15, -0.1) is 0 Å². The van der Waals surface area contributed by atoms with E-state index in [0.717, 1.165) is 5.56 Å². The topological polar surface area (TPSA) is 65.5 Å². The Morgan fingerprint density at radius 1 is 1.14 bits per heavy atom. The third-order valence-corrected chi connectivity index (χ3v) is 4.56. The molecular formula is C22H14ClNO4. The number of Topliss-reactive ketones (excluding diaryl/α,β-unsaturated/α-hetero) is 1. The van der Waals surface area contributed by atoms with E-state index in [9.17, 15) is 9.59 Å². The lowest BCUT2D eigenvalue weighted by Gasteiger charge is -2.10. The van der Waals surface area contributed by atoms with Gasteiger partial charge in [0, 0.05) is 23.0 Å². The van der Waals surface area contributed by atoms with Crippen LogP contribution in [0.2, 0.25) is 5.02 Å². The summed E-state index contributed by atoms with van der Waals surface area (Å²) < 4.78 is 11.2. The average Bonchev–Trinajstić information content (AvgIpc) is 3.03. The molecule has 1 aliphatic heterocycles. The molecule has 0 bridgehead atoms. The number of allylic oxidation sites excluding steroid dienone is 1. The number of hydrogen-bond donors (Lipinski definition) is 0. The van der Waals surface area contributed by atoms with Gasteiger partial charge in [0.1, 0.15) is 11.5 Å². The van der Waals surface area contributed by atoms with Crippen molar-refractivity contribution in [2.24, 2.45) is 0 Å². The minimum absolute atomic E-state index is 0.205. The van der Waals surface area contributed by atoms with Crippen molar-refractivity contribution in [1.29, 1.82) is 0 Å². The normalized spacial score (nSPS) is 13.9. The molecule has 0 aliphatic carbocycles. The van der Waals surface area contributed by atoms with E-state index in [2.05, 4.69) is 4.98 Å². The SMILES string of the molecule is Cc1c(OC(=O)c2cccnc2)ccc2c1O/C(=C\c1ccc(Cl)cc1)C2=O. The summed E-state index contributed by atoms with van der Waals surface area (Å²) in [5, 5.41) is 0.611. The fourth-order valence-corrected chi connectivity index (χ4v) is 2.96. The van der Waals surface area contributed by atoms with Crippen LogP contribution in [0, 0.1) is 6.92 Å². The molecule has 0 fully saturated rings. The highest BCUT2D eigenvalue weighted by atomic mass is 35.5. The number of carbonyl (C=O) groups is 2. The Morgan fingerprint density at radius 3 is 2.64 bits per heavy atom. The van der Waals surface area contributed by atoms with E-state index in [1.54, 1.807) is 67.7 Å². The molecule has 4 rings (SSSR count). The second kappa shape index (κ2) is 7.29. The zero-order chi connectivity index (χ0) is 19.7. The number of ketones is 1. The van der Waals surface area contributed by atoms with Gasteiger partial charge in [0.25, 0.3) is 0 Å². The van der Waals surface area contributed by atoms with E-state index in [1.165, 1.54) is 6.20 Å². The number of carbonyl (C=O) groups excluding carboxylic acids is 2. The predicted molar refractivity (Wildman–Crippen MR) is 105 cm³/mol. The fraction of sp³-hybridized carbons (Fsp3) is 0.0455. The summed E-state index contributed by atoms with van der Waals surface area (Å²) in [5.41, 5.74) is 2.13. The number of pyridine rings is 1. The van der Waals surface area contributed by atoms with Gasteiger partial charge >= 0.3 is 5.97 Å². The van der Waals surface area contributed by atoms with Crippen molar-refractivity contribution < 1.29 is 19.1 Å². The van der Waals surface area contributed by atoms with Crippen LogP contribution in [0.4, 0.5) is 0 Å². The first-order valence-corrected chi connectivity index (χ1v) is 8.86. The van der Waals surface area contributed by atoms with Crippen LogP contribution in [-0.2, 0) is 0 Å². The summed E-state index contributed by atoms with van der Waals surface area (Å²) in [6.07, 6.45) is 4.66. The van der Waals surface area contributed by atoms with Crippen molar-refractivity contribution >= 4 is 29.4 Å². The van der Waals surface area contributed by atoms with Gasteiger partial charge in [-0.25, -0.2) is 4.79 Å². The highest BCUT2D eigenvalue weighted by Gasteiger charge is 2.30. The lowest BCUT2D eigenvalue weighted by molar-refractivity contribution is 0.0732. The Hall–Kier alpha value is -3.44. The number of halogens is 1. The fourth-order valence-electron chi connectivity index (χ4n) is 2.83. The van der Waals surface area contributed by atoms with Crippen molar-refractivity contribution in [3.8, 4) is 11.5 Å². The van der Waals surface area contributed by atoms with Gasteiger partial charge in [0.2, 0.25) is 5.78 Å². The monoisotopic (exact) mass is 391 g/mol. The van der Waals surface area contributed by atoms with Crippen molar-refractivity contribution in [3.63, 3.8) is 0 Å². The third kappa shape index (κ3) is 3.40. The van der Waals surface area contributed by atoms with Gasteiger partial charge < -0.3 is 9.47 Å². The molecular weight excluding hydrogens is 378 g/mol. The Labute approximate surface area is 166 Å². The van der Waals surface area contributed by atoms with Crippen LogP contribution >= 0.6 is 11.6 Å². The molecule has 28 heavy (non-hydrogen) atoms. The van der Waals surface area contributed by atoms with Crippen LogP contribution in [0.25, 0.3) is 6.08 Å². The first-order chi connectivity index (χ1) is 13.5. The Kier molecular flexibility index (Phi) is 4.67. The summed E-state index contributed by atoms with van der Waals surface area (Å²) in [7, 11) is 0. The number of rotatable bonds is 3. The highest BCUT2D eigenvalue weighted by Crippen LogP contribution is 2.39. The molecule has 0 saturated carbocycles. The Balaban J connectivity index is 1.61. The number of ether oxygens (including phenoxy) is 2. The molecule has 2 heterocycles. The maximum absolute atomic E-state index is 12.6. The Morgan fingerprint density at radius 2 is 1.93 bits per heavy atom. The minimum atomic E-state index is -0.530. The van der Waals surface area contributed by atoms with Crippen molar-refractivity contribution in [2.45, 2.75) is 6.92 Å². The molecule has 0 amide bonds. The molecule has 1 aliphatic rings. The highest BCUT2D eigenvalue weighted by molar-refractivity contribution is 6.30. The molecule has 1 aromatic heterocycles. The average molecular weight is 392 g/mol. The number of aromatic nitrogens is 1. The lowest BCUT2D eigenvalue weighted by atomic mass is 10.1. The molecule has 138 valence electrons. The van der Waals surface area contributed by atoms with Crippen molar-refractivity contribution in [3.05, 3.63) is 94.0 Å².